The van der Waals surface area contributed by atoms with Crippen LogP contribution in [-0.4, -0.2) is 61.6 Å². The van der Waals surface area contributed by atoms with Crippen LogP contribution >= 0.6 is 0 Å². The van der Waals surface area contributed by atoms with Crippen molar-refractivity contribution in [3.63, 3.8) is 0 Å². The lowest BCUT2D eigenvalue weighted by atomic mass is 10.3. The number of carbonyl (C=O) groups is 1. The first-order valence-corrected chi connectivity index (χ1v) is 5.67. The van der Waals surface area contributed by atoms with Gasteiger partial charge in [-0.1, -0.05) is 0 Å². The first-order valence-electron chi connectivity index (χ1n) is 5.67. The number of nitrogens with zero attached hydrogens (tertiary/aromatic N) is 2. The van der Waals surface area contributed by atoms with Crippen molar-refractivity contribution in [1.82, 2.24) is 9.80 Å². The Labute approximate surface area is 92.2 Å². The van der Waals surface area contributed by atoms with Gasteiger partial charge in [0.1, 0.15) is 0 Å². The highest BCUT2D eigenvalue weighted by Gasteiger charge is 2.19. The van der Waals surface area contributed by atoms with Crippen molar-refractivity contribution in [2.24, 2.45) is 0 Å². The Morgan fingerprint density at radius 1 is 1.40 bits per heavy atom. The van der Waals surface area contributed by atoms with Crippen molar-refractivity contribution in [1.29, 1.82) is 0 Å². The van der Waals surface area contributed by atoms with E-state index in [2.05, 4.69) is 4.90 Å². The molecule has 1 heterocycles. The van der Waals surface area contributed by atoms with Gasteiger partial charge in [-0.2, -0.15) is 0 Å². The summed E-state index contributed by atoms with van der Waals surface area (Å²) in [7, 11) is 1.86. The van der Waals surface area contributed by atoms with Crippen LogP contribution in [0.3, 0.4) is 0 Å². The van der Waals surface area contributed by atoms with Gasteiger partial charge < -0.3 is 9.64 Å². The van der Waals surface area contributed by atoms with Gasteiger partial charge in [0, 0.05) is 33.3 Å². The lowest BCUT2D eigenvalue weighted by molar-refractivity contribution is -0.134. The molecule has 0 atom stereocenters. The highest BCUT2D eigenvalue weighted by Crippen LogP contribution is 2.02. The summed E-state index contributed by atoms with van der Waals surface area (Å²) in [4.78, 5) is 15.4. The summed E-state index contributed by atoms with van der Waals surface area (Å²) < 4.78 is 5.46. The Hall–Kier alpha value is -0.610. The summed E-state index contributed by atoms with van der Waals surface area (Å²) >= 11 is 0. The third-order valence-corrected chi connectivity index (χ3v) is 2.61. The van der Waals surface area contributed by atoms with Gasteiger partial charge in [-0.15, -0.1) is 0 Å². The number of hydrogen-bond acceptors (Lipinski definition) is 3. The Bertz CT molecular complexity index is 207. The van der Waals surface area contributed by atoms with Crippen LogP contribution in [0, 0.1) is 0 Å². The summed E-state index contributed by atoms with van der Waals surface area (Å²) in [5.74, 6) is 0.228. The lowest BCUT2D eigenvalue weighted by Gasteiger charge is -2.31. The molecule has 4 nitrogen and oxygen atoms in total. The van der Waals surface area contributed by atoms with Gasteiger partial charge in [0.2, 0.25) is 5.91 Å². The normalized spacial score (nSPS) is 18.9. The predicted molar refractivity (Wildman–Crippen MR) is 59.8 cm³/mol. The third kappa shape index (κ3) is 4.62. The first kappa shape index (κ1) is 12.5. The lowest BCUT2D eigenvalue weighted by Crippen LogP contribution is -2.48. The minimum absolute atomic E-state index is 0.228. The van der Waals surface area contributed by atoms with E-state index in [0.717, 1.165) is 32.7 Å². The molecule has 0 saturated carbocycles. The minimum Gasteiger partial charge on any atom is -0.379 e. The van der Waals surface area contributed by atoms with E-state index in [1.807, 2.05) is 20.9 Å². The largest absolute Gasteiger partial charge is 0.379 e. The molecule has 1 amide bonds. The Balaban J connectivity index is 2.09. The smallest absolute Gasteiger partial charge is 0.236 e. The first-order chi connectivity index (χ1) is 7.09. The zero-order valence-electron chi connectivity index (χ0n) is 10.0. The van der Waals surface area contributed by atoms with Gasteiger partial charge >= 0.3 is 0 Å². The molecule has 0 aromatic heterocycles. The second-order valence-electron chi connectivity index (χ2n) is 4.36. The second-order valence-corrected chi connectivity index (χ2v) is 4.36. The number of ether oxygens (including phenoxy) is 1. The van der Waals surface area contributed by atoms with E-state index in [-0.39, 0.29) is 5.91 Å². The summed E-state index contributed by atoms with van der Waals surface area (Å²) in [6.45, 7) is 8.25. The van der Waals surface area contributed by atoms with Crippen LogP contribution in [0.15, 0.2) is 0 Å². The summed E-state index contributed by atoms with van der Waals surface area (Å²) in [6, 6.07) is 0. The number of rotatable bonds is 5. The molecular formula is C11H22N2O2. The zero-order chi connectivity index (χ0) is 11.3. The highest BCUT2D eigenvalue weighted by atomic mass is 16.5. The quantitative estimate of drug-likeness (QED) is 0.627. The van der Waals surface area contributed by atoms with Crippen molar-refractivity contribution < 1.29 is 9.53 Å². The van der Waals surface area contributed by atoms with Crippen molar-refractivity contribution in [2.75, 3.05) is 39.8 Å². The molecule has 1 saturated heterocycles. The van der Waals surface area contributed by atoms with E-state index >= 15 is 0 Å². The van der Waals surface area contributed by atoms with Crippen molar-refractivity contribution in [2.45, 2.75) is 26.4 Å². The van der Waals surface area contributed by atoms with Crippen LogP contribution in [0.25, 0.3) is 0 Å². The molecule has 1 fully saturated rings. The van der Waals surface area contributed by atoms with Crippen LogP contribution in [-0.2, 0) is 9.53 Å². The topological polar surface area (TPSA) is 32.8 Å². The highest BCUT2D eigenvalue weighted by molar-refractivity contribution is 5.78. The summed E-state index contributed by atoms with van der Waals surface area (Å²) in [6.07, 6.45) is 1.31. The summed E-state index contributed by atoms with van der Waals surface area (Å²) in [5.41, 5.74) is 0. The number of likely N-dealkylation sites (N-methyl/N-ethyl adjacent to an activating group) is 1. The predicted octanol–water partition coefficient (Wildman–Crippen LogP) is 0.575. The fraction of sp³-hybridized carbons (Fsp3) is 0.909. The van der Waals surface area contributed by atoms with E-state index in [0.29, 0.717) is 12.6 Å². The van der Waals surface area contributed by atoms with Gasteiger partial charge in [0.25, 0.3) is 0 Å². The van der Waals surface area contributed by atoms with Gasteiger partial charge in [-0.3, -0.25) is 9.69 Å². The monoisotopic (exact) mass is 214 g/mol. The van der Waals surface area contributed by atoms with E-state index in [4.69, 9.17) is 4.74 Å². The van der Waals surface area contributed by atoms with E-state index in [1.54, 1.807) is 4.90 Å². The van der Waals surface area contributed by atoms with Crippen LogP contribution < -0.4 is 0 Å². The Kier molecular flexibility index (Phi) is 5.05. The number of hydrogen-bond donors (Lipinski definition) is 0. The molecule has 0 spiro atoms. The fourth-order valence-corrected chi connectivity index (χ4v) is 1.61. The molecule has 1 aliphatic rings. The zero-order valence-corrected chi connectivity index (χ0v) is 10.0. The number of amides is 1. The second kappa shape index (κ2) is 6.08. The maximum atomic E-state index is 11.4. The molecule has 0 aromatic carbocycles. The van der Waals surface area contributed by atoms with Crippen molar-refractivity contribution >= 4 is 5.91 Å². The molecule has 0 bridgehead atoms. The van der Waals surface area contributed by atoms with Gasteiger partial charge in [0.05, 0.1) is 12.6 Å². The van der Waals surface area contributed by atoms with Gasteiger partial charge in [-0.05, 0) is 20.3 Å². The van der Waals surface area contributed by atoms with Crippen LogP contribution in [0.1, 0.15) is 20.3 Å². The van der Waals surface area contributed by atoms with Gasteiger partial charge in [0.15, 0.2) is 0 Å². The fourth-order valence-electron chi connectivity index (χ4n) is 1.61. The molecule has 1 rings (SSSR count). The maximum absolute atomic E-state index is 11.4. The molecule has 0 aliphatic carbocycles. The average Bonchev–Trinajstić information content (AvgIpc) is 2.18. The van der Waals surface area contributed by atoms with E-state index in [1.165, 1.54) is 0 Å². The molecule has 4 heteroatoms. The van der Waals surface area contributed by atoms with Crippen LogP contribution in [0.5, 0.6) is 0 Å². The molecule has 0 N–H and O–H groups in total. The molecule has 1 aliphatic heterocycles. The Morgan fingerprint density at radius 2 is 2.13 bits per heavy atom. The molecule has 0 unspecified atom stereocenters. The maximum Gasteiger partial charge on any atom is 0.236 e. The standard InChI is InChI=1S/C11H22N2O2/c1-10(2)15-8-4-5-13-7-6-12(3)11(14)9-13/h10H,4-9H2,1-3H3. The van der Waals surface area contributed by atoms with Crippen LogP contribution in [0.2, 0.25) is 0 Å². The minimum atomic E-state index is 0.228. The molecule has 0 radical (unpaired) electrons. The van der Waals surface area contributed by atoms with E-state index < -0.39 is 0 Å². The van der Waals surface area contributed by atoms with Crippen LogP contribution in [0.4, 0.5) is 0 Å². The summed E-state index contributed by atoms with van der Waals surface area (Å²) in [5, 5.41) is 0. The molecule has 0 aromatic rings. The molecule has 15 heavy (non-hydrogen) atoms. The van der Waals surface area contributed by atoms with Crippen molar-refractivity contribution in [3.8, 4) is 0 Å². The SMILES string of the molecule is CC(C)OCCCN1CCN(C)C(=O)C1. The molecular weight excluding hydrogens is 192 g/mol. The van der Waals surface area contributed by atoms with E-state index in [9.17, 15) is 4.79 Å². The van der Waals surface area contributed by atoms with Crippen molar-refractivity contribution in [3.05, 3.63) is 0 Å². The number of carbonyl (C=O) groups excluding carboxylic acids is 1. The Morgan fingerprint density at radius 3 is 2.73 bits per heavy atom. The average molecular weight is 214 g/mol. The third-order valence-electron chi connectivity index (χ3n) is 2.61. The van der Waals surface area contributed by atoms with Gasteiger partial charge in [-0.25, -0.2) is 0 Å². The number of piperazine rings is 1. The molecule has 88 valence electrons.